The smallest absolute Gasteiger partial charge is 0.136 e. The molecule has 0 atom stereocenters. The lowest BCUT2D eigenvalue weighted by Gasteiger charge is -2.04. The van der Waals surface area contributed by atoms with E-state index in [-0.39, 0.29) is 0 Å². The molecule has 2 nitrogen and oxygen atoms in total. The van der Waals surface area contributed by atoms with Crippen molar-refractivity contribution in [2.75, 3.05) is 0 Å². The summed E-state index contributed by atoms with van der Waals surface area (Å²) < 4.78 is 12.9. The summed E-state index contributed by atoms with van der Waals surface area (Å²) in [6.45, 7) is 4.53. The van der Waals surface area contributed by atoms with Crippen LogP contribution in [0.15, 0.2) is 81.6 Å². The summed E-state index contributed by atoms with van der Waals surface area (Å²) in [6, 6.07) is 27.2. The molecule has 40 heavy (non-hydrogen) atoms. The molecule has 0 aliphatic heterocycles. The molecule has 0 saturated carbocycles. The summed E-state index contributed by atoms with van der Waals surface area (Å²) in [6.07, 6.45) is 12.6. The lowest BCUT2D eigenvalue weighted by molar-refractivity contribution is 0.664. The van der Waals surface area contributed by atoms with Crippen LogP contribution in [0.2, 0.25) is 0 Å². The van der Waals surface area contributed by atoms with Crippen LogP contribution in [-0.2, 0) is 12.8 Å². The Kier molecular flexibility index (Phi) is 6.71. The standard InChI is InChI=1S/C38H38O2/c1-3-5-7-9-11-25-13-15-27-19-31-33-23-38-34(24-37(33)39-35(31)21-29(27)17-25)32-20-28-16-14-26(12-10-8-6-4-2)18-30(28)22-36(32)40-38/h13-24H,3-12H2,1-2H3. The van der Waals surface area contributed by atoms with Crippen LogP contribution >= 0.6 is 0 Å². The van der Waals surface area contributed by atoms with Gasteiger partial charge < -0.3 is 8.83 Å². The van der Waals surface area contributed by atoms with Crippen molar-refractivity contribution in [1.82, 2.24) is 0 Å². The third kappa shape index (κ3) is 4.64. The normalized spacial score (nSPS) is 12.2. The lowest BCUT2D eigenvalue weighted by Crippen LogP contribution is -1.86. The van der Waals surface area contributed by atoms with E-state index in [2.05, 4.69) is 86.6 Å². The van der Waals surface area contributed by atoms with Gasteiger partial charge in [0, 0.05) is 21.5 Å². The van der Waals surface area contributed by atoms with Crippen LogP contribution in [-0.4, -0.2) is 0 Å². The predicted molar refractivity (Wildman–Crippen MR) is 172 cm³/mol. The van der Waals surface area contributed by atoms with Crippen molar-refractivity contribution in [2.24, 2.45) is 0 Å². The van der Waals surface area contributed by atoms with Crippen molar-refractivity contribution in [3.63, 3.8) is 0 Å². The minimum absolute atomic E-state index is 0.919. The largest absolute Gasteiger partial charge is 0.456 e. The molecule has 202 valence electrons. The second-order valence-electron chi connectivity index (χ2n) is 11.7. The number of hydrogen-bond acceptors (Lipinski definition) is 2. The summed E-state index contributed by atoms with van der Waals surface area (Å²) >= 11 is 0. The molecule has 0 unspecified atom stereocenters. The maximum absolute atomic E-state index is 6.46. The molecule has 7 aromatic rings. The Bertz CT molecular complexity index is 1840. The fourth-order valence-electron chi connectivity index (χ4n) is 6.45. The minimum atomic E-state index is 0.919. The third-order valence-corrected chi connectivity index (χ3v) is 8.75. The highest BCUT2D eigenvalue weighted by atomic mass is 16.3. The van der Waals surface area contributed by atoms with Crippen molar-refractivity contribution in [1.29, 1.82) is 0 Å². The van der Waals surface area contributed by atoms with Gasteiger partial charge in [0.1, 0.15) is 22.3 Å². The zero-order chi connectivity index (χ0) is 27.1. The summed E-state index contributed by atoms with van der Waals surface area (Å²) in [5.41, 5.74) is 6.56. The molecule has 0 N–H and O–H groups in total. The fraction of sp³-hybridized carbons (Fsp3) is 0.316. The molecular weight excluding hydrogens is 488 g/mol. The van der Waals surface area contributed by atoms with Crippen molar-refractivity contribution in [3.8, 4) is 0 Å². The van der Waals surface area contributed by atoms with Gasteiger partial charge in [0.2, 0.25) is 0 Å². The van der Waals surface area contributed by atoms with Gasteiger partial charge in [-0.05, 0) is 94.8 Å². The molecule has 0 saturated heterocycles. The van der Waals surface area contributed by atoms with E-state index < -0.39 is 0 Å². The zero-order valence-corrected chi connectivity index (χ0v) is 23.8. The number of fused-ring (bicyclic) bond motifs is 8. The second kappa shape index (κ2) is 10.7. The average molecular weight is 527 g/mol. The van der Waals surface area contributed by atoms with Crippen LogP contribution in [0.5, 0.6) is 0 Å². The average Bonchev–Trinajstić information content (AvgIpc) is 3.49. The molecule has 0 radical (unpaired) electrons. The molecule has 5 aromatic carbocycles. The Morgan fingerprint density at radius 1 is 0.400 bits per heavy atom. The maximum atomic E-state index is 6.46. The number of hydrogen-bond donors (Lipinski definition) is 0. The van der Waals surface area contributed by atoms with Crippen molar-refractivity contribution >= 4 is 65.4 Å². The van der Waals surface area contributed by atoms with Crippen LogP contribution in [0.4, 0.5) is 0 Å². The summed E-state index contributed by atoms with van der Waals surface area (Å²) in [4.78, 5) is 0. The van der Waals surface area contributed by atoms with Crippen LogP contribution in [0.3, 0.4) is 0 Å². The van der Waals surface area contributed by atoms with Crippen LogP contribution < -0.4 is 0 Å². The highest BCUT2D eigenvalue weighted by molar-refractivity contribution is 6.18. The Balaban J connectivity index is 1.26. The number of aryl methyl sites for hydroxylation is 2. The maximum Gasteiger partial charge on any atom is 0.136 e. The number of benzene rings is 5. The first kappa shape index (κ1) is 25.2. The molecule has 7 rings (SSSR count). The highest BCUT2D eigenvalue weighted by Crippen LogP contribution is 2.39. The van der Waals surface area contributed by atoms with E-state index in [1.165, 1.54) is 84.0 Å². The van der Waals surface area contributed by atoms with Crippen LogP contribution in [0.25, 0.3) is 65.4 Å². The summed E-state index contributed by atoms with van der Waals surface area (Å²) in [5.74, 6) is 0. The van der Waals surface area contributed by atoms with Crippen LogP contribution in [0, 0.1) is 0 Å². The van der Waals surface area contributed by atoms with Gasteiger partial charge in [0.05, 0.1) is 0 Å². The minimum Gasteiger partial charge on any atom is -0.456 e. The first-order valence-electron chi connectivity index (χ1n) is 15.4. The van der Waals surface area contributed by atoms with Gasteiger partial charge in [-0.1, -0.05) is 88.8 Å². The molecule has 0 fully saturated rings. The fourth-order valence-corrected chi connectivity index (χ4v) is 6.45. The van der Waals surface area contributed by atoms with E-state index in [1.54, 1.807) is 0 Å². The Morgan fingerprint density at radius 3 is 1.27 bits per heavy atom. The van der Waals surface area contributed by atoms with Gasteiger partial charge in [-0.3, -0.25) is 0 Å². The van der Waals surface area contributed by atoms with E-state index >= 15 is 0 Å². The molecule has 2 heterocycles. The van der Waals surface area contributed by atoms with E-state index in [0.29, 0.717) is 0 Å². The molecular formula is C38H38O2. The highest BCUT2D eigenvalue weighted by Gasteiger charge is 2.15. The molecule has 0 aliphatic carbocycles. The van der Waals surface area contributed by atoms with Gasteiger partial charge in [0.15, 0.2) is 0 Å². The van der Waals surface area contributed by atoms with Gasteiger partial charge in [0.25, 0.3) is 0 Å². The monoisotopic (exact) mass is 526 g/mol. The Labute approximate surface area is 235 Å². The number of rotatable bonds is 10. The number of furan rings is 2. The summed E-state index contributed by atoms with van der Waals surface area (Å²) in [7, 11) is 0. The Hall–Kier alpha value is -3.78. The molecule has 2 aromatic heterocycles. The Morgan fingerprint density at radius 2 is 0.825 bits per heavy atom. The zero-order valence-electron chi connectivity index (χ0n) is 23.8. The van der Waals surface area contributed by atoms with Crippen molar-refractivity contribution < 1.29 is 8.83 Å². The third-order valence-electron chi connectivity index (χ3n) is 8.75. The first-order valence-corrected chi connectivity index (χ1v) is 15.4. The van der Waals surface area contributed by atoms with Gasteiger partial charge in [-0.25, -0.2) is 0 Å². The van der Waals surface area contributed by atoms with E-state index in [0.717, 1.165) is 56.7 Å². The molecule has 0 bridgehead atoms. The predicted octanol–water partition coefficient (Wildman–Crippen LogP) is 12.0. The summed E-state index contributed by atoms with van der Waals surface area (Å²) in [5, 5.41) is 9.56. The van der Waals surface area contributed by atoms with Crippen LogP contribution in [0.1, 0.15) is 76.3 Å². The van der Waals surface area contributed by atoms with Crippen molar-refractivity contribution in [3.05, 3.63) is 83.9 Å². The number of unbranched alkanes of at least 4 members (excludes halogenated alkanes) is 6. The van der Waals surface area contributed by atoms with Gasteiger partial charge in [-0.15, -0.1) is 0 Å². The van der Waals surface area contributed by atoms with E-state index in [4.69, 9.17) is 8.83 Å². The lowest BCUT2D eigenvalue weighted by atomic mass is 9.99. The topological polar surface area (TPSA) is 26.3 Å². The molecule has 0 aliphatic rings. The molecule has 2 heteroatoms. The second-order valence-corrected chi connectivity index (χ2v) is 11.7. The SMILES string of the molecule is CCCCCCc1ccc2cc3c(cc2c1)oc1cc2c(cc13)oc1cc3cc(CCCCCC)ccc3cc12. The van der Waals surface area contributed by atoms with E-state index in [1.807, 2.05) is 0 Å². The van der Waals surface area contributed by atoms with Gasteiger partial charge >= 0.3 is 0 Å². The quantitative estimate of drug-likeness (QED) is 0.166. The van der Waals surface area contributed by atoms with E-state index in [9.17, 15) is 0 Å². The molecule has 0 spiro atoms. The first-order chi connectivity index (χ1) is 19.7. The molecule has 0 amide bonds. The van der Waals surface area contributed by atoms with Crippen molar-refractivity contribution in [2.45, 2.75) is 78.1 Å². The van der Waals surface area contributed by atoms with Gasteiger partial charge in [-0.2, -0.15) is 0 Å².